The second-order valence-electron chi connectivity index (χ2n) is 4.38. The maximum absolute atomic E-state index is 11.3. The summed E-state index contributed by atoms with van der Waals surface area (Å²) in [5.41, 5.74) is 0.726. The number of Topliss-reactive ketones (excluding diaryl/α,β-unsaturated/α-hetero) is 1. The normalized spacial score (nSPS) is 17.2. The van der Waals surface area contributed by atoms with Crippen molar-refractivity contribution in [3.63, 3.8) is 0 Å². The van der Waals surface area contributed by atoms with E-state index in [1.165, 1.54) is 0 Å². The lowest BCUT2D eigenvalue weighted by molar-refractivity contribution is 0.0818. The van der Waals surface area contributed by atoms with Crippen molar-refractivity contribution in [2.75, 3.05) is 25.1 Å². The van der Waals surface area contributed by atoms with Crippen LogP contribution in [0.5, 0.6) is 0 Å². The first kappa shape index (κ1) is 12.0. The van der Waals surface area contributed by atoms with Gasteiger partial charge in [-0.05, 0) is 31.9 Å². The lowest BCUT2D eigenvalue weighted by atomic mass is 10.1. The van der Waals surface area contributed by atoms with Gasteiger partial charge in [0.2, 0.25) is 0 Å². The van der Waals surface area contributed by atoms with E-state index in [0.29, 0.717) is 6.10 Å². The Balaban J connectivity index is 2.08. The zero-order valence-electron chi connectivity index (χ0n) is 10.3. The number of carbonyl (C=O) groups excluding carboxylic acids is 1. The summed E-state index contributed by atoms with van der Waals surface area (Å²) in [7, 11) is 1.76. The molecule has 0 bridgehead atoms. The smallest absolute Gasteiger partial charge is 0.159 e. The lowest BCUT2D eigenvalue weighted by Gasteiger charge is -2.32. The third-order valence-corrected chi connectivity index (χ3v) is 3.25. The fourth-order valence-electron chi connectivity index (χ4n) is 2.13. The lowest BCUT2D eigenvalue weighted by Crippen LogP contribution is -2.37. The van der Waals surface area contributed by atoms with E-state index in [1.807, 2.05) is 6.07 Å². The average Bonchev–Trinajstić information content (AvgIpc) is 2.39. The molecular weight excluding hydrogens is 216 g/mol. The fraction of sp³-hybridized carbons (Fsp3) is 0.538. The fourth-order valence-corrected chi connectivity index (χ4v) is 2.13. The number of hydrogen-bond acceptors (Lipinski definition) is 4. The molecule has 92 valence electrons. The van der Waals surface area contributed by atoms with Crippen molar-refractivity contribution >= 4 is 11.6 Å². The van der Waals surface area contributed by atoms with Crippen LogP contribution in [0.1, 0.15) is 30.1 Å². The van der Waals surface area contributed by atoms with E-state index in [9.17, 15) is 4.79 Å². The highest BCUT2D eigenvalue weighted by Gasteiger charge is 2.19. The molecule has 0 atom stereocenters. The van der Waals surface area contributed by atoms with Crippen LogP contribution < -0.4 is 4.90 Å². The molecule has 0 radical (unpaired) electrons. The van der Waals surface area contributed by atoms with Crippen LogP contribution in [0.3, 0.4) is 0 Å². The number of aromatic nitrogens is 1. The molecule has 0 aromatic carbocycles. The zero-order chi connectivity index (χ0) is 12.3. The van der Waals surface area contributed by atoms with Crippen molar-refractivity contribution in [2.24, 2.45) is 0 Å². The molecule has 4 nitrogen and oxygen atoms in total. The van der Waals surface area contributed by atoms with Gasteiger partial charge < -0.3 is 9.64 Å². The molecule has 17 heavy (non-hydrogen) atoms. The Bertz CT molecular complexity index is 398. The second kappa shape index (κ2) is 5.27. The number of nitrogens with zero attached hydrogens (tertiary/aromatic N) is 2. The molecular formula is C13H18N2O2. The Morgan fingerprint density at radius 2 is 2.18 bits per heavy atom. The highest BCUT2D eigenvalue weighted by molar-refractivity contribution is 5.94. The number of piperidine rings is 1. The maximum atomic E-state index is 11.3. The van der Waals surface area contributed by atoms with Gasteiger partial charge >= 0.3 is 0 Å². The van der Waals surface area contributed by atoms with Crippen molar-refractivity contribution in [1.82, 2.24) is 4.98 Å². The van der Waals surface area contributed by atoms with Crippen molar-refractivity contribution in [1.29, 1.82) is 0 Å². The van der Waals surface area contributed by atoms with Gasteiger partial charge in [0.1, 0.15) is 5.82 Å². The minimum Gasteiger partial charge on any atom is -0.381 e. The molecule has 0 saturated carbocycles. The molecule has 1 aromatic heterocycles. The summed E-state index contributed by atoms with van der Waals surface area (Å²) >= 11 is 0. The predicted octanol–water partition coefficient (Wildman–Crippen LogP) is 1.90. The van der Waals surface area contributed by atoms with Crippen molar-refractivity contribution < 1.29 is 9.53 Å². The third-order valence-electron chi connectivity index (χ3n) is 3.25. The number of ether oxygens (including phenoxy) is 1. The van der Waals surface area contributed by atoms with Crippen molar-refractivity contribution in [3.05, 3.63) is 23.9 Å². The van der Waals surface area contributed by atoms with Crippen LogP contribution in [0.2, 0.25) is 0 Å². The van der Waals surface area contributed by atoms with Gasteiger partial charge in [0.05, 0.1) is 6.10 Å². The Labute approximate surface area is 102 Å². The van der Waals surface area contributed by atoms with Crippen molar-refractivity contribution in [3.8, 4) is 0 Å². The van der Waals surface area contributed by atoms with Gasteiger partial charge in [-0.25, -0.2) is 4.98 Å². The Kier molecular flexibility index (Phi) is 3.74. The van der Waals surface area contributed by atoms with Gasteiger partial charge in [0.25, 0.3) is 0 Å². The van der Waals surface area contributed by atoms with Crippen molar-refractivity contribution in [2.45, 2.75) is 25.9 Å². The number of carbonyl (C=O) groups is 1. The average molecular weight is 234 g/mol. The third kappa shape index (κ3) is 2.82. The number of pyridine rings is 1. The number of ketones is 1. The van der Waals surface area contributed by atoms with Gasteiger partial charge in [-0.2, -0.15) is 0 Å². The van der Waals surface area contributed by atoms with Crippen LogP contribution in [0.15, 0.2) is 18.3 Å². The minimum absolute atomic E-state index is 0.0837. The molecule has 1 aromatic rings. The highest BCUT2D eigenvalue weighted by atomic mass is 16.5. The summed E-state index contributed by atoms with van der Waals surface area (Å²) in [6.07, 6.45) is 4.10. The first-order chi connectivity index (χ1) is 8.20. The van der Waals surface area contributed by atoms with E-state index in [2.05, 4.69) is 9.88 Å². The quantitative estimate of drug-likeness (QED) is 0.749. The maximum Gasteiger partial charge on any atom is 0.159 e. The van der Waals surface area contributed by atoms with E-state index in [-0.39, 0.29) is 5.78 Å². The van der Waals surface area contributed by atoms with Gasteiger partial charge in [0.15, 0.2) is 5.78 Å². The Morgan fingerprint density at radius 1 is 1.47 bits per heavy atom. The Hall–Kier alpha value is -1.42. The SMILES string of the molecule is COC1CCN(c2cc(C(C)=O)ccn2)CC1. The molecule has 0 aliphatic carbocycles. The molecule has 2 heterocycles. The van der Waals surface area contributed by atoms with Gasteiger partial charge in [-0.1, -0.05) is 0 Å². The zero-order valence-corrected chi connectivity index (χ0v) is 10.3. The topological polar surface area (TPSA) is 42.4 Å². The molecule has 1 saturated heterocycles. The monoisotopic (exact) mass is 234 g/mol. The molecule has 1 fully saturated rings. The van der Waals surface area contributed by atoms with Crippen LogP contribution >= 0.6 is 0 Å². The largest absolute Gasteiger partial charge is 0.381 e. The molecule has 2 rings (SSSR count). The van der Waals surface area contributed by atoms with E-state index < -0.39 is 0 Å². The van der Waals surface area contributed by atoms with Crippen LogP contribution in [-0.4, -0.2) is 37.1 Å². The number of methoxy groups -OCH3 is 1. The standard InChI is InChI=1S/C13H18N2O2/c1-10(16)11-3-6-14-13(9-11)15-7-4-12(17-2)5-8-15/h3,6,9,12H,4-5,7-8H2,1-2H3. The minimum atomic E-state index is 0.0837. The molecule has 0 unspecified atom stereocenters. The van der Waals surface area contributed by atoms with Gasteiger partial charge in [-0.3, -0.25) is 4.79 Å². The summed E-state index contributed by atoms with van der Waals surface area (Å²) in [4.78, 5) is 17.9. The first-order valence-corrected chi connectivity index (χ1v) is 5.95. The van der Waals surface area contributed by atoms with Crippen LogP contribution in [-0.2, 0) is 4.74 Å². The first-order valence-electron chi connectivity index (χ1n) is 5.95. The van der Waals surface area contributed by atoms with Gasteiger partial charge in [0, 0.05) is 32.0 Å². The molecule has 0 spiro atoms. The number of rotatable bonds is 3. The number of hydrogen-bond donors (Lipinski definition) is 0. The summed E-state index contributed by atoms with van der Waals surface area (Å²) < 4.78 is 5.34. The summed E-state index contributed by atoms with van der Waals surface area (Å²) in [5, 5.41) is 0. The van der Waals surface area contributed by atoms with Gasteiger partial charge in [-0.15, -0.1) is 0 Å². The molecule has 1 aliphatic heterocycles. The second-order valence-corrected chi connectivity index (χ2v) is 4.38. The van der Waals surface area contributed by atoms with E-state index in [0.717, 1.165) is 37.3 Å². The number of anilines is 1. The van der Waals surface area contributed by atoms with E-state index >= 15 is 0 Å². The summed E-state index contributed by atoms with van der Waals surface area (Å²) in [5.74, 6) is 0.979. The summed E-state index contributed by atoms with van der Waals surface area (Å²) in [6, 6.07) is 3.63. The van der Waals surface area contributed by atoms with Crippen LogP contribution in [0.4, 0.5) is 5.82 Å². The van der Waals surface area contributed by atoms with Crippen LogP contribution in [0.25, 0.3) is 0 Å². The van der Waals surface area contributed by atoms with E-state index in [4.69, 9.17) is 4.74 Å². The Morgan fingerprint density at radius 3 is 2.76 bits per heavy atom. The summed E-state index contributed by atoms with van der Waals surface area (Å²) in [6.45, 7) is 3.45. The molecule has 1 aliphatic rings. The molecule has 0 N–H and O–H groups in total. The van der Waals surface area contributed by atoms with E-state index in [1.54, 1.807) is 26.3 Å². The van der Waals surface area contributed by atoms with Crippen LogP contribution in [0, 0.1) is 0 Å². The molecule has 0 amide bonds. The predicted molar refractivity (Wildman–Crippen MR) is 66.5 cm³/mol. The highest BCUT2D eigenvalue weighted by Crippen LogP contribution is 2.20. The molecule has 4 heteroatoms.